The van der Waals surface area contributed by atoms with Crippen LogP contribution in [0.5, 0.6) is 0 Å². The van der Waals surface area contributed by atoms with Crippen molar-refractivity contribution in [2.24, 2.45) is 4.52 Å². The SMILES string of the molecule is CCCCOP(=O)(N=P(OCCCC)(N(CC)CC)N(CC)CC)OCCCC. The third kappa shape index (κ3) is 9.95. The largest absolute Gasteiger partial charge is 0.456 e. The smallest absolute Gasteiger partial charge is 0.321 e. The Morgan fingerprint density at radius 3 is 1.28 bits per heavy atom. The number of hydrogen-bond acceptors (Lipinski definition) is 4. The molecule has 0 rings (SSSR count). The van der Waals surface area contributed by atoms with E-state index in [-0.39, 0.29) is 0 Å². The van der Waals surface area contributed by atoms with Crippen molar-refractivity contribution in [3.8, 4) is 0 Å². The molecule has 0 spiro atoms. The fraction of sp³-hybridized carbons (Fsp3) is 1.00. The summed E-state index contributed by atoms with van der Waals surface area (Å²) in [6.07, 6.45) is 5.57. The Morgan fingerprint density at radius 2 is 0.966 bits per heavy atom. The van der Waals surface area contributed by atoms with Gasteiger partial charge in [0, 0.05) is 26.2 Å². The van der Waals surface area contributed by atoms with Crippen LogP contribution in [0.2, 0.25) is 0 Å². The molecular weight excluding hydrogens is 408 g/mol. The fourth-order valence-corrected chi connectivity index (χ4v) is 8.87. The highest BCUT2D eigenvalue weighted by molar-refractivity contribution is 7.66. The number of unbranched alkanes of at least 4 members (excludes halogenated alkanes) is 3. The van der Waals surface area contributed by atoms with E-state index in [1.54, 1.807) is 0 Å². The molecule has 7 nitrogen and oxygen atoms in total. The summed E-state index contributed by atoms with van der Waals surface area (Å²) in [5, 5.41) is 0. The lowest BCUT2D eigenvalue weighted by Crippen LogP contribution is -2.33. The summed E-state index contributed by atoms with van der Waals surface area (Å²) in [4.78, 5) is 0. The maximum absolute atomic E-state index is 13.8. The van der Waals surface area contributed by atoms with Gasteiger partial charge in [-0.3, -0.25) is 9.05 Å². The lowest BCUT2D eigenvalue weighted by Gasteiger charge is -2.41. The van der Waals surface area contributed by atoms with Crippen molar-refractivity contribution in [1.29, 1.82) is 0 Å². The van der Waals surface area contributed by atoms with Crippen molar-refractivity contribution in [1.82, 2.24) is 9.34 Å². The highest BCUT2D eigenvalue weighted by Gasteiger charge is 2.39. The van der Waals surface area contributed by atoms with Crippen molar-refractivity contribution in [3.05, 3.63) is 0 Å². The monoisotopic (exact) mass is 455 g/mol. The van der Waals surface area contributed by atoms with Gasteiger partial charge in [-0.1, -0.05) is 67.7 Å². The minimum absolute atomic E-state index is 0.384. The zero-order chi connectivity index (χ0) is 22.2. The van der Waals surface area contributed by atoms with Gasteiger partial charge in [0.25, 0.3) is 0 Å². The number of hydrogen-bond donors (Lipinski definition) is 0. The fourth-order valence-electron chi connectivity index (χ4n) is 2.88. The van der Waals surface area contributed by atoms with Gasteiger partial charge in [-0.2, -0.15) is 0 Å². The molecule has 0 aromatic rings. The molecule has 0 unspecified atom stereocenters. The Morgan fingerprint density at radius 1 is 0.621 bits per heavy atom. The normalized spacial score (nSPS) is 12.9. The lowest BCUT2D eigenvalue weighted by atomic mass is 10.4. The molecular formula is C20H47N3O4P2. The quantitative estimate of drug-likeness (QED) is 0.152. The second-order valence-electron chi connectivity index (χ2n) is 6.91. The van der Waals surface area contributed by atoms with Gasteiger partial charge in [0.1, 0.15) is 0 Å². The van der Waals surface area contributed by atoms with Crippen LogP contribution in [0.25, 0.3) is 0 Å². The molecule has 0 aliphatic heterocycles. The molecule has 0 aromatic heterocycles. The molecule has 0 amide bonds. The molecule has 0 heterocycles. The molecule has 0 fully saturated rings. The van der Waals surface area contributed by atoms with E-state index < -0.39 is 15.3 Å². The van der Waals surface area contributed by atoms with Crippen LogP contribution >= 0.6 is 15.3 Å². The first-order chi connectivity index (χ1) is 13.9. The van der Waals surface area contributed by atoms with Crippen LogP contribution in [0, 0.1) is 0 Å². The summed E-state index contributed by atoms with van der Waals surface area (Å²) in [5.41, 5.74) is 0. The summed E-state index contributed by atoms with van der Waals surface area (Å²) in [5.74, 6) is 0. The maximum Gasteiger partial charge on any atom is 0.456 e. The van der Waals surface area contributed by atoms with Crippen molar-refractivity contribution in [2.75, 3.05) is 46.0 Å². The highest BCUT2D eigenvalue weighted by Crippen LogP contribution is 2.67. The Balaban J connectivity index is 6.34. The molecule has 0 atom stereocenters. The first kappa shape index (κ1) is 29.3. The van der Waals surface area contributed by atoms with E-state index in [0.717, 1.165) is 64.7 Å². The zero-order valence-corrected chi connectivity index (χ0v) is 21.9. The van der Waals surface area contributed by atoms with Crippen molar-refractivity contribution >= 4 is 15.3 Å². The van der Waals surface area contributed by atoms with Gasteiger partial charge >= 0.3 is 7.75 Å². The molecule has 0 bridgehead atoms. The van der Waals surface area contributed by atoms with E-state index >= 15 is 0 Å². The minimum atomic E-state index is -3.64. The second kappa shape index (κ2) is 16.9. The van der Waals surface area contributed by atoms with Crippen LogP contribution in [0.4, 0.5) is 0 Å². The van der Waals surface area contributed by atoms with Crippen LogP contribution in [-0.4, -0.2) is 55.3 Å². The van der Waals surface area contributed by atoms with Gasteiger partial charge in [-0.25, -0.2) is 13.9 Å². The summed E-state index contributed by atoms with van der Waals surface area (Å²) in [6.45, 7) is 19.1. The van der Waals surface area contributed by atoms with Gasteiger partial charge < -0.3 is 4.52 Å². The average Bonchev–Trinajstić information content (AvgIpc) is 2.70. The number of rotatable bonds is 19. The molecule has 0 aromatic carbocycles. The minimum Gasteiger partial charge on any atom is -0.321 e. The topological polar surface area (TPSA) is 63.6 Å². The first-order valence-electron chi connectivity index (χ1n) is 11.6. The molecule has 9 heteroatoms. The Bertz CT molecular complexity index is 468. The molecule has 0 aliphatic carbocycles. The van der Waals surface area contributed by atoms with E-state index in [2.05, 4.69) is 57.8 Å². The summed E-state index contributed by atoms with van der Waals surface area (Å²) < 4.78 is 41.3. The summed E-state index contributed by atoms with van der Waals surface area (Å²) in [7, 11) is -6.33. The summed E-state index contributed by atoms with van der Waals surface area (Å²) >= 11 is 0. The highest BCUT2D eigenvalue weighted by atomic mass is 31.2. The Kier molecular flexibility index (Phi) is 17.0. The van der Waals surface area contributed by atoms with E-state index in [4.69, 9.17) is 18.1 Å². The molecule has 176 valence electrons. The average molecular weight is 456 g/mol. The predicted molar refractivity (Wildman–Crippen MR) is 125 cm³/mol. The third-order valence-corrected chi connectivity index (χ3v) is 10.7. The second-order valence-corrected chi connectivity index (χ2v) is 11.5. The molecule has 0 N–H and O–H groups in total. The molecule has 0 saturated carbocycles. The summed E-state index contributed by atoms with van der Waals surface area (Å²) in [6, 6.07) is 0. The molecule has 0 saturated heterocycles. The van der Waals surface area contributed by atoms with E-state index in [9.17, 15) is 4.57 Å². The van der Waals surface area contributed by atoms with E-state index in [0.29, 0.717) is 19.8 Å². The van der Waals surface area contributed by atoms with Crippen LogP contribution in [0.3, 0.4) is 0 Å². The maximum atomic E-state index is 13.8. The van der Waals surface area contributed by atoms with E-state index in [1.165, 1.54) is 0 Å². The first-order valence-corrected chi connectivity index (χ1v) is 14.7. The van der Waals surface area contributed by atoms with Crippen LogP contribution in [0.15, 0.2) is 4.52 Å². The van der Waals surface area contributed by atoms with Gasteiger partial charge in [0.2, 0.25) is 7.58 Å². The Labute approximate surface area is 180 Å². The standard InChI is InChI=1S/C20H47N3O4P2/c1-8-15-18-25-28(22(11-4)12-5,23(13-6)14-7)21-29(24,26-19-16-9-2)27-20-17-10-3/h8-20H2,1-7H3. The van der Waals surface area contributed by atoms with Crippen molar-refractivity contribution in [2.45, 2.75) is 87.0 Å². The molecule has 0 radical (unpaired) electrons. The van der Waals surface area contributed by atoms with Crippen LogP contribution in [-0.2, 0) is 18.1 Å². The lowest BCUT2D eigenvalue weighted by molar-refractivity contribution is 0.198. The van der Waals surface area contributed by atoms with Crippen molar-refractivity contribution < 1.29 is 18.1 Å². The third-order valence-electron chi connectivity index (χ3n) is 4.69. The molecule has 29 heavy (non-hydrogen) atoms. The zero-order valence-electron chi connectivity index (χ0n) is 20.1. The van der Waals surface area contributed by atoms with Gasteiger partial charge in [-0.05, 0) is 19.3 Å². The van der Waals surface area contributed by atoms with Crippen LogP contribution < -0.4 is 0 Å². The van der Waals surface area contributed by atoms with Crippen molar-refractivity contribution in [3.63, 3.8) is 0 Å². The molecule has 0 aliphatic rings. The number of nitrogens with zero attached hydrogens (tertiary/aromatic N) is 3. The van der Waals surface area contributed by atoms with Gasteiger partial charge in [-0.15, -0.1) is 4.52 Å². The van der Waals surface area contributed by atoms with E-state index in [1.807, 2.05) is 0 Å². The van der Waals surface area contributed by atoms with Gasteiger partial charge in [0.05, 0.1) is 19.8 Å². The van der Waals surface area contributed by atoms with Crippen LogP contribution in [0.1, 0.15) is 87.0 Å². The van der Waals surface area contributed by atoms with Gasteiger partial charge in [0.15, 0.2) is 0 Å². The predicted octanol–water partition coefficient (Wildman–Crippen LogP) is 7.17. The Hall–Kier alpha value is 0.260.